The van der Waals surface area contributed by atoms with Crippen molar-refractivity contribution in [2.45, 2.75) is 32.5 Å². The Hall–Kier alpha value is -2.25. The first-order valence-electron chi connectivity index (χ1n) is 8.14. The van der Waals surface area contributed by atoms with Crippen molar-refractivity contribution in [3.63, 3.8) is 0 Å². The maximum atomic E-state index is 6.17. The Morgan fingerprint density at radius 2 is 2.12 bits per heavy atom. The molecule has 8 heteroatoms. The van der Waals surface area contributed by atoms with Gasteiger partial charge in [0.15, 0.2) is 5.82 Å². The molecule has 0 saturated carbocycles. The number of furan rings is 1. The van der Waals surface area contributed by atoms with Crippen LogP contribution in [0.1, 0.15) is 29.8 Å². The van der Waals surface area contributed by atoms with E-state index in [1.165, 1.54) is 0 Å². The van der Waals surface area contributed by atoms with Crippen LogP contribution in [0.2, 0.25) is 5.02 Å². The van der Waals surface area contributed by atoms with Crippen LogP contribution in [-0.2, 0) is 6.61 Å². The maximum absolute atomic E-state index is 6.17. The van der Waals surface area contributed by atoms with Gasteiger partial charge in [-0.25, -0.2) is 0 Å². The lowest BCUT2D eigenvalue weighted by Gasteiger charge is -2.09. The summed E-state index contributed by atoms with van der Waals surface area (Å²) in [5, 5.41) is 13.9. The lowest BCUT2D eigenvalue weighted by molar-refractivity contribution is 0.268. The minimum Gasteiger partial charge on any atom is -0.484 e. The largest absolute Gasteiger partial charge is 0.484 e. The summed E-state index contributed by atoms with van der Waals surface area (Å²) in [6.45, 7) is 6.16. The second kappa shape index (κ2) is 8.42. The Balaban J connectivity index is 1.68. The molecule has 0 radical (unpaired) electrons. The monoisotopic (exact) mass is 390 g/mol. The Bertz CT molecular complexity index is 900. The Labute approximate surface area is 161 Å². The summed E-state index contributed by atoms with van der Waals surface area (Å²) in [4.78, 5) is 0. The predicted molar refractivity (Wildman–Crippen MR) is 103 cm³/mol. The van der Waals surface area contributed by atoms with Crippen molar-refractivity contribution in [2.24, 2.45) is 5.10 Å². The maximum Gasteiger partial charge on any atom is 0.212 e. The number of aromatic nitrogens is 3. The number of rotatable bonds is 7. The molecule has 3 aromatic rings. The van der Waals surface area contributed by atoms with Crippen molar-refractivity contribution < 1.29 is 9.15 Å². The highest BCUT2D eigenvalue weighted by atomic mass is 35.5. The van der Waals surface area contributed by atoms with E-state index in [1.807, 2.05) is 38.1 Å². The fourth-order valence-corrected chi connectivity index (χ4v) is 3.22. The minimum absolute atomic E-state index is 0.293. The standard InChI is InChI=1S/C18H19ClN4O2S/c1-4-26-18-22-21-13(3)23(18)20-10-14-8-9-15(25-14)11-24-17-12(2)6-5-7-16(17)19/h5-10H,4,11H2,1-3H3. The zero-order chi connectivity index (χ0) is 18.5. The molecule has 6 nitrogen and oxygen atoms in total. The molecule has 0 fully saturated rings. The van der Waals surface area contributed by atoms with Crippen molar-refractivity contribution in [2.75, 3.05) is 5.75 Å². The highest BCUT2D eigenvalue weighted by Crippen LogP contribution is 2.28. The minimum atomic E-state index is 0.293. The molecule has 26 heavy (non-hydrogen) atoms. The SMILES string of the molecule is CCSc1nnc(C)n1N=Cc1ccc(COc2c(C)cccc2Cl)o1. The molecular weight excluding hydrogens is 372 g/mol. The van der Waals surface area contributed by atoms with E-state index in [1.54, 1.807) is 28.7 Å². The molecular formula is C18H19ClN4O2S. The van der Waals surface area contributed by atoms with Gasteiger partial charge in [0.05, 0.1) is 11.2 Å². The van der Waals surface area contributed by atoms with Gasteiger partial charge in [-0.15, -0.1) is 10.2 Å². The predicted octanol–water partition coefficient (Wildman–Crippen LogP) is 4.71. The second-order valence-corrected chi connectivity index (χ2v) is 7.14. The number of ether oxygens (including phenoxy) is 1. The number of hydrogen-bond donors (Lipinski definition) is 0. The van der Waals surface area contributed by atoms with E-state index >= 15 is 0 Å². The van der Waals surface area contributed by atoms with Gasteiger partial charge in [-0.1, -0.05) is 42.4 Å². The van der Waals surface area contributed by atoms with E-state index in [-0.39, 0.29) is 0 Å². The lowest BCUT2D eigenvalue weighted by Crippen LogP contribution is -1.97. The van der Waals surface area contributed by atoms with Gasteiger partial charge >= 0.3 is 0 Å². The van der Waals surface area contributed by atoms with Crippen molar-refractivity contribution in [1.29, 1.82) is 0 Å². The van der Waals surface area contributed by atoms with E-state index in [0.29, 0.717) is 28.9 Å². The zero-order valence-corrected chi connectivity index (χ0v) is 16.3. The van der Waals surface area contributed by atoms with Crippen LogP contribution >= 0.6 is 23.4 Å². The molecule has 0 saturated heterocycles. The number of halogens is 1. The molecule has 2 heterocycles. The smallest absolute Gasteiger partial charge is 0.212 e. The fourth-order valence-electron chi connectivity index (χ4n) is 2.29. The average molecular weight is 391 g/mol. The first kappa shape index (κ1) is 18.5. The molecule has 1 aromatic carbocycles. The molecule has 0 amide bonds. The number of aryl methyl sites for hydroxylation is 2. The summed E-state index contributed by atoms with van der Waals surface area (Å²) in [6.07, 6.45) is 1.64. The van der Waals surface area contributed by atoms with Crippen LogP contribution in [0.5, 0.6) is 5.75 Å². The first-order valence-corrected chi connectivity index (χ1v) is 9.50. The third kappa shape index (κ3) is 4.28. The van der Waals surface area contributed by atoms with Gasteiger partial charge in [0.1, 0.15) is 23.9 Å². The Morgan fingerprint density at radius 3 is 2.88 bits per heavy atom. The van der Waals surface area contributed by atoms with E-state index in [0.717, 1.165) is 22.3 Å². The first-order chi connectivity index (χ1) is 12.6. The van der Waals surface area contributed by atoms with Gasteiger partial charge in [0.2, 0.25) is 5.16 Å². The van der Waals surface area contributed by atoms with Crippen LogP contribution in [-0.4, -0.2) is 26.8 Å². The molecule has 0 aliphatic rings. The zero-order valence-electron chi connectivity index (χ0n) is 14.8. The van der Waals surface area contributed by atoms with Crippen LogP contribution in [0.15, 0.2) is 45.0 Å². The normalized spacial score (nSPS) is 11.4. The summed E-state index contributed by atoms with van der Waals surface area (Å²) >= 11 is 7.75. The van der Waals surface area contributed by atoms with Crippen molar-refractivity contribution >= 4 is 29.6 Å². The van der Waals surface area contributed by atoms with E-state index < -0.39 is 0 Å². The molecule has 0 spiro atoms. The number of para-hydroxylation sites is 1. The Kier molecular flexibility index (Phi) is 6.00. The Morgan fingerprint density at radius 1 is 1.27 bits per heavy atom. The number of thioether (sulfide) groups is 1. The van der Waals surface area contributed by atoms with E-state index in [2.05, 4.69) is 22.2 Å². The van der Waals surface area contributed by atoms with Gasteiger partial charge in [-0.2, -0.15) is 9.78 Å². The van der Waals surface area contributed by atoms with Crippen LogP contribution in [0.25, 0.3) is 0 Å². The molecule has 0 N–H and O–H groups in total. The fraction of sp³-hybridized carbons (Fsp3) is 0.278. The van der Waals surface area contributed by atoms with E-state index in [4.69, 9.17) is 20.8 Å². The van der Waals surface area contributed by atoms with Gasteiger partial charge < -0.3 is 9.15 Å². The molecule has 0 aliphatic heterocycles. The highest BCUT2D eigenvalue weighted by molar-refractivity contribution is 7.99. The topological polar surface area (TPSA) is 65.4 Å². The van der Waals surface area contributed by atoms with Crippen molar-refractivity contribution in [1.82, 2.24) is 14.9 Å². The number of benzene rings is 1. The van der Waals surface area contributed by atoms with Crippen molar-refractivity contribution in [3.05, 3.63) is 58.3 Å². The van der Waals surface area contributed by atoms with Gasteiger partial charge in [0.25, 0.3) is 0 Å². The van der Waals surface area contributed by atoms with Crippen LogP contribution in [0, 0.1) is 13.8 Å². The number of hydrogen-bond acceptors (Lipinski definition) is 6. The van der Waals surface area contributed by atoms with Crippen LogP contribution in [0.4, 0.5) is 0 Å². The third-order valence-electron chi connectivity index (χ3n) is 3.55. The van der Waals surface area contributed by atoms with Crippen LogP contribution < -0.4 is 4.74 Å². The average Bonchev–Trinajstić information content (AvgIpc) is 3.20. The highest BCUT2D eigenvalue weighted by Gasteiger charge is 2.09. The quantitative estimate of drug-likeness (QED) is 0.431. The summed E-state index contributed by atoms with van der Waals surface area (Å²) in [5.74, 6) is 3.61. The van der Waals surface area contributed by atoms with Crippen LogP contribution in [0.3, 0.4) is 0 Å². The van der Waals surface area contributed by atoms with Gasteiger partial charge in [-0.05, 0) is 43.4 Å². The summed E-state index contributed by atoms with van der Waals surface area (Å²) in [6, 6.07) is 9.35. The second-order valence-electron chi connectivity index (χ2n) is 5.50. The van der Waals surface area contributed by atoms with Gasteiger partial charge in [-0.3, -0.25) is 0 Å². The summed E-state index contributed by atoms with van der Waals surface area (Å²) in [7, 11) is 0. The summed E-state index contributed by atoms with van der Waals surface area (Å²) in [5.41, 5.74) is 0.981. The molecule has 3 rings (SSSR count). The molecule has 136 valence electrons. The molecule has 0 aliphatic carbocycles. The van der Waals surface area contributed by atoms with Crippen molar-refractivity contribution in [3.8, 4) is 5.75 Å². The molecule has 0 bridgehead atoms. The summed E-state index contributed by atoms with van der Waals surface area (Å²) < 4.78 is 13.2. The van der Waals surface area contributed by atoms with Gasteiger partial charge in [0, 0.05) is 0 Å². The lowest BCUT2D eigenvalue weighted by atomic mass is 10.2. The molecule has 0 unspecified atom stereocenters. The third-order valence-corrected chi connectivity index (χ3v) is 4.65. The molecule has 0 atom stereocenters. The molecule has 2 aromatic heterocycles. The number of nitrogens with zero attached hydrogens (tertiary/aromatic N) is 4. The van der Waals surface area contributed by atoms with E-state index in [9.17, 15) is 0 Å².